The van der Waals surface area contributed by atoms with E-state index in [4.69, 9.17) is 0 Å². The number of hydrogen-bond donors (Lipinski definition) is 2. The summed E-state index contributed by atoms with van der Waals surface area (Å²) < 4.78 is 45.7. The minimum Gasteiger partial charge on any atom is -0.371 e. The Morgan fingerprint density at radius 2 is 1.78 bits per heavy atom. The molecule has 13 nitrogen and oxygen atoms in total. The lowest BCUT2D eigenvalue weighted by molar-refractivity contribution is -0.137. The third-order valence-electron chi connectivity index (χ3n) is 11.1. The van der Waals surface area contributed by atoms with Gasteiger partial charge in [0.2, 0.25) is 11.8 Å². The highest BCUT2D eigenvalue weighted by Crippen LogP contribution is 2.40. The highest BCUT2D eigenvalue weighted by atomic mass is 79.9. The number of carbonyl (C=O) groups excluding carboxylic acids is 5. The summed E-state index contributed by atoms with van der Waals surface area (Å²) in [6.45, 7) is 2.88. The van der Waals surface area contributed by atoms with E-state index in [9.17, 15) is 37.1 Å². The number of rotatable bonds is 7. The van der Waals surface area contributed by atoms with E-state index >= 15 is 0 Å². The molecule has 17 heteroatoms. The molecule has 3 aromatic carbocycles. The monoisotopic (exact) mass is 880 g/mol. The highest BCUT2D eigenvalue weighted by molar-refractivity contribution is 9.10. The zero-order chi connectivity index (χ0) is 42.5. The first-order chi connectivity index (χ1) is 28.7. The van der Waals surface area contributed by atoms with Crippen LogP contribution in [0, 0.1) is 18.8 Å². The molecule has 0 bridgehead atoms. The number of imidazole rings is 1. The molecule has 1 unspecified atom stereocenters. The molecule has 3 aliphatic rings. The van der Waals surface area contributed by atoms with Gasteiger partial charge in [-0.2, -0.15) is 18.3 Å². The van der Waals surface area contributed by atoms with Crippen molar-refractivity contribution in [1.82, 2.24) is 29.7 Å². The van der Waals surface area contributed by atoms with Crippen LogP contribution in [0.25, 0.3) is 5.65 Å². The van der Waals surface area contributed by atoms with Gasteiger partial charge >= 0.3 is 6.18 Å². The van der Waals surface area contributed by atoms with Crippen molar-refractivity contribution in [2.45, 2.75) is 57.4 Å². The first kappa shape index (κ1) is 40.4. The Hall–Kier alpha value is -6.38. The molecule has 8 rings (SSSR count). The van der Waals surface area contributed by atoms with Crippen LogP contribution in [-0.4, -0.2) is 86.2 Å². The highest BCUT2D eigenvalue weighted by Gasteiger charge is 2.46. The summed E-state index contributed by atoms with van der Waals surface area (Å²) >= 11 is 3.52. The Morgan fingerprint density at radius 3 is 2.53 bits per heavy atom. The van der Waals surface area contributed by atoms with Gasteiger partial charge in [-0.1, -0.05) is 18.1 Å². The second kappa shape index (κ2) is 16.0. The van der Waals surface area contributed by atoms with Crippen molar-refractivity contribution < 1.29 is 37.1 Å². The number of alkyl halides is 3. The Kier molecular flexibility index (Phi) is 10.8. The van der Waals surface area contributed by atoms with Crippen LogP contribution in [-0.2, 0) is 22.3 Å². The topological polar surface area (TPSA) is 149 Å². The molecular weight excluding hydrogens is 845 g/mol. The molecule has 2 fully saturated rings. The van der Waals surface area contributed by atoms with E-state index in [1.807, 2.05) is 14.0 Å². The van der Waals surface area contributed by atoms with Gasteiger partial charge in [-0.25, -0.2) is 9.50 Å². The summed E-state index contributed by atoms with van der Waals surface area (Å²) in [5.41, 5.74) is 2.97. The fraction of sp³-hybridized carbons (Fsp3) is 0.279. The van der Waals surface area contributed by atoms with Gasteiger partial charge in [-0.15, -0.1) is 0 Å². The summed E-state index contributed by atoms with van der Waals surface area (Å²) in [5.74, 6) is 3.12. The molecule has 2 N–H and O–H groups in total. The zero-order valence-electron chi connectivity index (χ0n) is 32.3. The predicted molar refractivity (Wildman–Crippen MR) is 217 cm³/mol. The smallest absolute Gasteiger partial charge is 0.371 e. The minimum absolute atomic E-state index is 0.00367. The molecule has 1 atom stereocenters. The number of hydrogen-bond acceptors (Lipinski definition) is 9. The van der Waals surface area contributed by atoms with Gasteiger partial charge in [-0.3, -0.25) is 39.1 Å². The first-order valence-corrected chi connectivity index (χ1v) is 19.9. The minimum atomic E-state index is -4.70. The number of halogens is 4. The lowest BCUT2D eigenvalue weighted by Crippen LogP contribution is -2.54. The molecule has 5 amide bonds. The van der Waals surface area contributed by atoms with Crippen molar-refractivity contribution in [3.05, 3.63) is 122 Å². The van der Waals surface area contributed by atoms with E-state index in [1.54, 1.807) is 64.3 Å². The van der Waals surface area contributed by atoms with Gasteiger partial charge in [0.1, 0.15) is 11.7 Å². The number of carbonyl (C=O) groups is 5. The Labute approximate surface area is 350 Å². The van der Waals surface area contributed by atoms with Crippen LogP contribution in [0.2, 0.25) is 0 Å². The van der Waals surface area contributed by atoms with Gasteiger partial charge in [0, 0.05) is 65.3 Å². The number of imide groups is 2. The maximum absolute atomic E-state index is 14.6. The largest absolute Gasteiger partial charge is 0.418 e. The van der Waals surface area contributed by atoms with E-state index in [2.05, 4.69) is 53.4 Å². The average molecular weight is 882 g/mol. The van der Waals surface area contributed by atoms with Gasteiger partial charge in [0.25, 0.3) is 17.7 Å². The average Bonchev–Trinajstić information content (AvgIpc) is 3.75. The van der Waals surface area contributed by atoms with Crippen molar-refractivity contribution in [3.8, 4) is 11.8 Å². The Morgan fingerprint density at radius 1 is 1.00 bits per heavy atom. The van der Waals surface area contributed by atoms with E-state index in [0.717, 1.165) is 22.1 Å². The molecule has 0 saturated carbocycles. The van der Waals surface area contributed by atoms with Crippen molar-refractivity contribution in [3.63, 3.8) is 0 Å². The summed E-state index contributed by atoms with van der Waals surface area (Å²) in [6.07, 6.45) is -0.338. The molecule has 306 valence electrons. The Balaban J connectivity index is 0.920. The lowest BCUT2D eigenvalue weighted by atomic mass is 10.00. The van der Waals surface area contributed by atoms with E-state index in [-0.39, 0.29) is 46.9 Å². The maximum Gasteiger partial charge on any atom is 0.418 e. The quantitative estimate of drug-likeness (QED) is 0.149. The second-order valence-electron chi connectivity index (χ2n) is 14.9. The Bertz CT molecular complexity index is 2680. The maximum atomic E-state index is 14.6. The number of aryl methyl sites for hydroxylation is 1. The summed E-state index contributed by atoms with van der Waals surface area (Å²) in [4.78, 5) is 73.2. The second-order valence-corrected chi connectivity index (χ2v) is 15.7. The summed E-state index contributed by atoms with van der Waals surface area (Å²) in [6, 6.07) is 14.5. The van der Waals surface area contributed by atoms with E-state index in [0.29, 0.717) is 53.9 Å². The molecule has 2 saturated heterocycles. The van der Waals surface area contributed by atoms with Crippen LogP contribution in [0.3, 0.4) is 0 Å². The van der Waals surface area contributed by atoms with Crippen LogP contribution < -0.4 is 15.5 Å². The van der Waals surface area contributed by atoms with Gasteiger partial charge in [0.05, 0.1) is 22.9 Å². The molecule has 3 aliphatic heterocycles. The van der Waals surface area contributed by atoms with Crippen LogP contribution in [0.1, 0.15) is 84.7 Å². The third-order valence-corrected chi connectivity index (χ3v) is 12.0. The van der Waals surface area contributed by atoms with Gasteiger partial charge in [0.15, 0.2) is 5.65 Å². The van der Waals surface area contributed by atoms with Crippen LogP contribution in [0.15, 0.2) is 77.5 Å². The van der Waals surface area contributed by atoms with E-state index < -0.39 is 47.3 Å². The van der Waals surface area contributed by atoms with Gasteiger partial charge < -0.3 is 10.2 Å². The number of piperidine rings is 2. The summed E-state index contributed by atoms with van der Waals surface area (Å²) in [7, 11) is 1.89. The number of anilines is 2. The normalized spacial score (nSPS) is 17.2. The van der Waals surface area contributed by atoms with Crippen LogP contribution >= 0.6 is 15.9 Å². The van der Waals surface area contributed by atoms with Crippen LogP contribution in [0.4, 0.5) is 24.5 Å². The number of benzene rings is 3. The molecule has 0 aliphatic carbocycles. The first-order valence-electron chi connectivity index (χ1n) is 19.1. The van der Waals surface area contributed by atoms with Crippen LogP contribution in [0.5, 0.6) is 0 Å². The molecule has 60 heavy (non-hydrogen) atoms. The van der Waals surface area contributed by atoms with Crippen molar-refractivity contribution >= 4 is 62.5 Å². The lowest BCUT2D eigenvalue weighted by Gasteiger charge is -2.39. The predicted octanol–water partition coefficient (Wildman–Crippen LogP) is 5.97. The fourth-order valence-corrected chi connectivity index (χ4v) is 8.53. The SMILES string of the molecule is Cc1ccc(C(=O)Nc2ccc(N3CCC(N(C)Cc4ccc5c(c4Br)C(=O)N(C4CCC(=O)NC4=O)C5=O)CC3)c(C(F)(F)F)c2)cc1C#Cc1cnc2cccnn12. The van der Waals surface area contributed by atoms with Crippen molar-refractivity contribution in [2.24, 2.45) is 0 Å². The molecular formula is C43H36BrF3N8O5. The fourth-order valence-electron chi connectivity index (χ4n) is 7.89. The molecule has 5 aromatic rings. The molecule has 5 heterocycles. The van der Waals surface area contributed by atoms with E-state index in [1.165, 1.54) is 12.1 Å². The molecule has 0 radical (unpaired) electrons. The third kappa shape index (κ3) is 7.75. The van der Waals surface area contributed by atoms with Gasteiger partial charge in [-0.05, 0) is 115 Å². The zero-order valence-corrected chi connectivity index (χ0v) is 33.9. The number of amides is 5. The number of fused-ring (bicyclic) bond motifs is 2. The van der Waals surface area contributed by atoms with Crippen molar-refractivity contribution in [1.29, 1.82) is 0 Å². The van der Waals surface area contributed by atoms with Crippen molar-refractivity contribution in [2.75, 3.05) is 30.4 Å². The number of aromatic nitrogens is 3. The molecule has 2 aromatic heterocycles. The number of nitrogens with zero attached hydrogens (tertiary/aromatic N) is 6. The molecule has 0 spiro atoms. The number of nitrogens with one attached hydrogen (secondary N) is 2. The summed E-state index contributed by atoms with van der Waals surface area (Å²) in [5, 5.41) is 9.06. The standard InChI is InChI=1S/C43H36BrF3N8O5/c1-24-5-6-26(20-25(24)7-10-30-22-48-35-4-3-17-49-55(30)35)39(57)50-28-9-12-33(32(21-28)43(45,46)47)53-18-15-29(16-19-53)52(2)23-27-8-11-31-37(38(27)44)42(60)54(41(31)59)34-13-14-36(56)51-40(34)58/h3-6,8-9,11-12,17,20-22,29,34H,13-16,18-19,23H2,1-2H3,(H,50,57)(H,51,56,58).